The Morgan fingerprint density at radius 1 is 1.27 bits per heavy atom. The SMILES string of the molecule is O=C(Cc1ccc(OC(F)(F)F)cc1)NCC1CCCC1O. The molecule has 4 nitrogen and oxygen atoms in total. The van der Waals surface area contributed by atoms with Crippen molar-refractivity contribution in [2.75, 3.05) is 6.54 Å². The smallest absolute Gasteiger partial charge is 0.406 e. The third-order valence-corrected chi connectivity index (χ3v) is 3.70. The van der Waals surface area contributed by atoms with E-state index in [2.05, 4.69) is 10.1 Å². The van der Waals surface area contributed by atoms with Gasteiger partial charge in [0.25, 0.3) is 0 Å². The second-order valence-corrected chi connectivity index (χ2v) is 5.43. The molecule has 1 aliphatic rings. The number of ether oxygens (including phenoxy) is 1. The van der Waals surface area contributed by atoms with Crippen molar-refractivity contribution in [3.05, 3.63) is 29.8 Å². The molecule has 2 atom stereocenters. The summed E-state index contributed by atoms with van der Waals surface area (Å²) in [7, 11) is 0. The Balaban J connectivity index is 1.79. The summed E-state index contributed by atoms with van der Waals surface area (Å²) in [6.45, 7) is 0.426. The first-order valence-electron chi connectivity index (χ1n) is 7.13. The topological polar surface area (TPSA) is 58.6 Å². The van der Waals surface area contributed by atoms with Crippen LogP contribution in [-0.4, -0.2) is 30.0 Å². The van der Waals surface area contributed by atoms with Crippen LogP contribution in [0, 0.1) is 5.92 Å². The molecule has 0 heterocycles. The first-order chi connectivity index (χ1) is 10.3. The number of hydrogen-bond acceptors (Lipinski definition) is 3. The number of amides is 1. The number of aliphatic hydroxyl groups excluding tert-OH is 1. The van der Waals surface area contributed by atoms with Crippen LogP contribution < -0.4 is 10.1 Å². The second kappa shape index (κ2) is 7.00. The van der Waals surface area contributed by atoms with Crippen molar-refractivity contribution in [3.63, 3.8) is 0 Å². The van der Waals surface area contributed by atoms with E-state index in [1.807, 2.05) is 0 Å². The fourth-order valence-electron chi connectivity index (χ4n) is 2.56. The van der Waals surface area contributed by atoms with Gasteiger partial charge in [0.05, 0.1) is 12.5 Å². The van der Waals surface area contributed by atoms with Crippen LogP contribution in [0.5, 0.6) is 5.75 Å². The Bertz CT molecular complexity index is 502. The molecule has 2 N–H and O–H groups in total. The zero-order chi connectivity index (χ0) is 16.2. The highest BCUT2D eigenvalue weighted by atomic mass is 19.4. The minimum atomic E-state index is -4.72. The van der Waals surface area contributed by atoms with E-state index in [1.54, 1.807) is 0 Å². The zero-order valence-electron chi connectivity index (χ0n) is 11.9. The van der Waals surface area contributed by atoms with Crippen LogP contribution in [0.1, 0.15) is 24.8 Å². The van der Waals surface area contributed by atoms with Gasteiger partial charge in [0.15, 0.2) is 0 Å². The van der Waals surface area contributed by atoms with Crippen LogP contribution in [0.15, 0.2) is 24.3 Å². The van der Waals surface area contributed by atoms with E-state index < -0.39 is 6.36 Å². The Morgan fingerprint density at radius 2 is 1.95 bits per heavy atom. The highest BCUT2D eigenvalue weighted by Gasteiger charge is 2.31. The van der Waals surface area contributed by atoms with E-state index in [1.165, 1.54) is 24.3 Å². The van der Waals surface area contributed by atoms with Crippen LogP contribution in [0.2, 0.25) is 0 Å². The number of hydrogen-bond donors (Lipinski definition) is 2. The molecule has 0 saturated heterocycles. The molecule has 0 radical (unpaired) electrons. The van der Waals surface area contributed by atoms with Gasteiger partial charge in [0.2, 0.25) is 5.91 Å². The fraction of sp³-hybridized carbons (Fsp3) is 0.533. The molecule has 0 aliphatic heterocycles. The molecule has 1 amide bonds. The summed E-state index contributed by atoms with van der Waals surface area (Å²) in [6.07, 6.45) is -2.39. The number of rotatable bonds is 5. The van der Waals surface area contributed by atoms with Crippen LogP contribution in [0.4, 0.5) is 13.2 Å². The van der Waals surface area contributed by atoms with Crippen LogP contribution in [0.3, 0.4) is 0 Å². The summed E-state index contributed by atoms with van der Waals surface area (Å²) in [6, 6.07) is 5.20. The van der Waals surface area contributed by atoms with Gasteiger partial charge in [-0.15, -0.1) is 13.2 Å². The van der Waals surface area contributed by atoms with Crippen molar-refractivity contribution >= 4 is 5.91 Å². The van der Waals surface area contributed by atoms with E-state index in [4.69, 9.17) is 0 Å². The molecule has 1 saturated carbocycles. The molecule has 22 heavy (non-hydrogen) atoms. The Labute approximate surface area is 126 Å². The summed E-state index contributed by atoms with van der Waals surface area (Å²) >= 11 is 0. The minimum Gasteiger partial charge on any atom is -0.406 e. The highest BCUT2D eigenvalue weighted by Crippen LogP contribution is 2.25. The summed E-state index contributed by atoms with van der Waals surface area (Å²) in [5, 5.41) is 12.4. The lowest BCUT2D eigenvalue weighted by Crippen LogP contribution is -2.33. The number of nitrogens with one attached hydrogen (secondary N) is 1. The third-order valence-electron chi connectivity index (χ3n) is 3.70. The average molecular weight is 317 g/mol. The average Bonchev–Trinajstić information content (AvgIpc) is 2.83. The molecule has 1 fully saturated rings. The van der Waals surface area contributed by atoms with Crippen molar-refractivity contribution in [1.29, 1.82) is 0 Å². The normalized spacial score (nSPS) is 21.6. The van der Waals surface area contributed by atoms with Crippen molar-refractivity contribution in [2.45, 2.75) is 38.1 Å². The van der Waals surface area contributed by atoms with E-state index in [-0.39, 0.29) is 30.1 Å². The van der Waals surface area contributed by atoms with Gasteiger partial charge < -0.3 is 15.2 Å². The standard InChI is InChI=1S/C15H18F3NO3/c16-15(17,18)22-12-6-4-10(5-7-12)8-14(21)19-9-11-2-1-3-13(11)20/h4-7,11,13,20H,1-3,8-9H2,(H,19,21). The maximum absolute atomic E-state index is 12.0. The summed E-state index contributed by atoms with van der Waals surface area (Å²) < 4.78 is 39.8. The lowest BCUT2D eigenvalue weighted by Gasteiger charge is -2.15. The minimum absolute atomic E-state index is 0.0785. The van der Waals surface area contributed by atoms with Gasteiger partial charge in [-0.05, 0) is 30.5 Å². The van der Waals surface area contributed by atoms with E-state index in [0.717, 1.165) is 19.3 Å². The van der Waals surface area contributed by atoms with Gasteiger partial charge in [-0.2, -0.15) is 0 Å². The van der Waals surface area contributed by atoms with Crippen molar-refractivity contribution < 1.29 is 27.8 Å². The molecule has 7 heteroatoms. The molecule has 0 spiro atoms. The number of alkyl halides is 3. The van der Waals surface area contributed by atoms with Crippen molar-refractivity contribution in [2.24, 2.45) is 5.92 Å². The Kier molecular flexibility index (Phi) is 5.28. The quantitative estimate of drug-likeness (QED) is 0.877. The van der Waals surface area contributed by atoms with Gasteiger partial charge >= 0.3 is 6.36 Å². The van der Waals surface area contributed by atoms with Crippen molar-refractivity contribution in [3.8, 4) is 5.75 Å². The third kappa shape index (κ3) is 5.22. The molecule has 0 bridgehead atoms. The van der Waals surface area contributed by atoms with Crippen LogP contribution in [-0.2, 0) is 11.2 Å². The summed E-state index contributed by atoms with van der Waals surface area (Å²) in [4.78, 5) is 11.8. The Morgan fingerprint density at radius 3 is 2.50 bits per heavy atom. The van der Waals surface area contributed by atoms with E-state index in [0.29, 0.717) is 12.1 Å². The predicted molar refractivity (Wildman–Crippen MR) is 73.2 cm³/mol. The molecule has 0 aromatic heterocycles. The number of aliphatic hydroxyl groups is 1. The van der Waals surface area contributed by atoms with Gasteiger partial charge in [-0.25, -0.2) is 0 Å². The van der Waals surface area contributed by atoms with E-state index >= 15 is 0 Å². The first-order valence-corrected chi connectivity index (χ1v) is 7.13. The number of carbonyl (C=O) groups is 1. The van der Waals surface area contributed by atoms with Crippen LogP contribution in [0.25, 0.3) is 0 Å². The number of halogens is 3. The fourth-order valence-corrected chi connectivity index (χ4v) is 2.56. The van der Waals surface area contributed by atoms with Gasteiger partial charge in [-0.3, -0.25) is 4.79 Å². The largest absolute Gasteiger partial charge is 0.573 e. The number of benzene rings is 1. The maximum Gasteiger partial charge on any atom is 0.573 e. The predicted octanol–water partition coefficient (Wildman–Crippen LogP) is 2.40. The van der Waals surface area contributed by atoms with Crippen LogP contribution >= 0.6 is 0 Å². The Hall–Kier alpha value is -1.76. The molecule has 2 rings (SSSR count). The maximum atomic E-state index is 12.0. The van der Waals surface area contributed by atoms with Crippen molar-refractivity contribution in [1.82, 2.24) is 5.32 Å². The van der Waals surface area contributed by atoms with Gasteiger partial charge in [0, 0.05) is 12.5 Å². The molecular formula is C15H18F3NO3. The lowest BCUT2D eigenvalue weighted by molar-refractivity contribution is -0.274. The zero-order valence-corrected chi connectivity index (χ0v) is 11.9. The molecule has 1 aromatic carbocycles. The molecular weight excluding hydrogens is 299 g/mol. The van der Waals surface area contributed by atoms with E-state index in [9.17, 15) is 23.1 Å². The number of carbonyl (C=O) groups excluding carboxylic acids is 1. The van der Waals surface area contributed by atoms with Gasteiger partial charge in [0.1, 0.15) is 5.75 Å². The monoisotopic (exact) mass is 317 g/mol. The summed E-state index contributed by atoms with van der Waals surface area (Å²) in [5.74, 6) is -0.444. The summed E-state index contributed by atoms with van der Waals surface area (Å²) in [5.41, 5.74) is 0.596. The molecule has 122 valence electrons. The highest BCUT2D eigenvalue weighted by molar-refractivity contribution is 5.78. The molecule has 2 unspecified atom stereocenters. The first kappa shape index (κ1) is 16.6. The molecule has 1 aromatic rings. The second-order valence-electron chi connectivity index (χ2n) is 5.43. The lowest BCUT2D eigenvalue weighted by atomic mass is 10.1. The molecule has 1 aliphatic carbocycles. The van der Waals surface area contributed by atoms with Gasteiger partial charge in [-0.1, -0.05) is 18.6 Å².